The van der Waals surface area contributed by atoms with Crippen LogP contribution in [0.25, 0.3) is 6.08 Å². The van der Waals surface area contributed by atoms with Crippen LogP contribution in [-0.2, 0) is 16.0 Å². The molecule has 1 heterocycles. The van der Waals surface area contributed by atoms with E-state index in [1.165, 1.54) is 0 Å². The average Bonchev–Trinajstić information content (AvgIpc) is 3.53. The summed E-state index contributed by atoms with van der Waals surface area (Å²) < 4.78 is 28.7. The number of nitrogens with zero attached hydrogens (tertiary/aromatic N) is 1. The first-order chi connectivity index (χ1) is 23.5. The first-order valence-electron chi connectivity index (χ1n) is 15.9. The quantitative estimate of drug-likeness (QED) is 0.139. The van der Waals surface area contributed by atoms with Crippen LogP contribution in [0.3, 0.4) is 0 Å². The van der Waals surface area contributed by atoms with E-state index in [2.05, 4.69) is 5.32 Å². The lowest BCUT2D eigenvalue weighted by Gasteiger charge is -2.30. The zero-order chi connectivity index (χ0) is 33.8. The van der Waals surface area contributed by atoms with E-state index in [0.29, 0.717) is 60.5 Å². The number of methoxy groups -OCH3 is 3. The van der Waals surface area contributed by atoms with E-state index in [1.807, 2.05) is 109 Å². The Morgan fingerprint density at radius 3 is 2.42 bits per heavy atom. The van der Waals surface area contributed by atoms with Crippen LogP contribution in [0.15, 0.2) is 108 Å². The molecule has 48 heavy (non-hydrogen) atoms. The van der Waals surface area contributed by atoms with Crippen LogP contribution in [0.1, 0.15) is 41.2 Å². The number of benzene rings is 4. The Kier molecular flexibility index (Phi) is 11.7. The highest BCUT2D eigenvalue weighted by Crippen LogP contribution is 2.43. The van der Waals surface area contributed by atoms with E-state index in [0.717, 1.165) is 16.7 Å². The number of hydrogen-bond donors (Lipinski definition) is 2. The molecule has 1 amide bonds. The maximum absolute atomic E-state index is 14.5. The number of rotatable bonds is 16. The number of aliphatic hydroxyl groups is 1. The average molecular weight is 651 g/mol. The molecule has 9 heteroatoms. The molecule has 0 aromatic heterocycles. The molecule has 0 unspecified atom stereocenters. The third kappa shape index (κ3) is 8.16. The van der Waals surface area contributed by atoms with E-state index in [1.54, 1.807) is 21.3 Å². The zero-order valence-electron chi connectivity index (χ0n) is 27.6. The number of hydrogen-bond acceptors (Lipinski definition) is 8. The van der Waals surface area contributed by atoms with Crippen molar-refractivity contribution in [3.8, 4) is 23.0 Å². The molecule has 1 aliphatic rings. The van der Waals surface area contributed by atoms with Crippen LogP contribution < -0.4 is 24.3 Å². The van der Waals surface area contributed by atoms with Gasteiger partial charge < -0.3 is 34.1 Å². The fourth-order valence-corrected chi connectivity index (χ4v) is 5.57. The number of carbonyl (C=O) groups is 1. The van der Waals surface area contributed by atoms with Gasteiger partial charge in [-0.2, -0.15) is 0 Å². The molecule has 4 aromatic rings. The number of aliphatic hydroxyl groups excluding tert-OH is 1. The van der Waals surface area contributed by atoms with Crippen molar-refractivity contribution in [2.45, 2.75) is 30.9 Å². The summed E-state index contributed by atoms with van der Waals surface area (Å²) in [5, 5.41) is 12.3. The SMILES string of the molecule is COc1cccc([C@H]2OC(c3ccc(OCCCO)cc3)=N[C@@]2(C/C=C/c2ccccc2)C(=O)NCCc2ccc(OC)c(OC)c2)c1. The van der Waals surface area contributed by atoms with Crippen molar-refractivity contribution in [1.82, 2.24) is 5.32 Å². The Balaban J connectivity index is 1.49. The minimum Gasteiger partial charge on any atom is -0.497 e. The van der Waals surface area contributed by atoms with Crippen molar-refractivity contribution in [1.29, 1.82) is 0 Å². The van der Waals surface area contributed by atoms with Crippen LogP contribution in [0, 0.1) is 0 Å². The van der Waals surface area contributed by atoms with Crippen LogP contribution in [0.5, 0.6) is 23.0 Å². The molecule has 1 aliphatic heterocycles. The van der Waals surface area contributed by atoms with Gasteiger partial charge in [0.1, 0.15) is 11.5 Å². The van der Waals surface area contributed by atoms with Gasteiger partial charge >= 0.3 is 0 Å². The molecule has 5 rings (SSSR count). The van der Waals surface area contributed by atoms with Gasteiger partial charge in [-0.3, -0.25) is 4.79 Å². The highest BCUT2D eigenvalue weighted by Gasteiger charge is 2.52. The second-order valence-corrected chi connectivity index (χ2v) is 11.3. The van der Waals surface area contributed by atoms with E-state index < -0.39 is 11.6 Å². The zero-order valence-corrected chi connectivity index (χ0v) is 27.6. The summed E-state index contributed by atoms with van der Waals surface area (Å²) in [6.45, 7) is 0.838. The number of carbonyl (C=O) groups excluding carboxylic acids is 1. The summed E-state index contributed by atoms with van der Waals surface area (Å²) in [4.78, 5) is 19.6. The van der Waals surface area contributed by atoms with Gasteiger partial charge in [-0.05, 0) is 71.6 Å². The number of nitrogens with one attached hydrogen (secondary N) is 1. The van der Waals surface area contributed by atoms with E-state index in [-0.39, 0.29) is 18.9 Å². The molecule has 250 valence electrons. The van der Waals surface area contributed by atoms with Gasteiger partial charge in [0.25, 0.3) is 5.91 Å². The third-order valence-corrected chi connectivity index (χ3v) is 8.11. The standard InChI is InChI=1S/C39H42N2O7/c1-44-33-14-7-13-31(27-33)36-39(22-8-12-28-10-5-4-6-11-28,38(43)40-23-21-29-15-20-34(45-2)35(26-29)46-3)41-37(48-36)30-16-18-32(19-17-30)47-25-9-24-42/h4-8,10-20,26-27,36,42H,9,21-25H2,1-3H3,(H,40,43)/b12-8+/t36-,39-/m1/s1. The largest absolute Gasteiger partial charge is 0.497 e. The van der Waals surface area contributed by atoms with Gasteiger partial charge in [-0.25, -0.2) is 4.99 Å². The Hall–Kier alpha value is -5.28. The molecule has 0 spiro atoms. The Labute approximate surface area is 281 Å². The van der Waals surface area contributed by atoms with E-state index in [9.17, 15) is 4.79 Å². The maximum atomic E-state index is 14.5. The Morgan fingerprint density at radius 1 is 0.896 bits per heavy atom. The third-order valence-electron chi connectivity index (χ3n) is 8.11. The second-order valence-electron chi connectivity index (χ2n) is 11.3. The van der Waals surface area contributed by atoms with Gasteiger partial charge in [0, 0.05) is 31.6 Å². The summed E-state index contributed by atoms with van der Waals surface area (Å²) in [6, 6.07) is 30.6. The molecule has 0 bridgehead atoms. The van der Waals surface area contributed by atoms with Crippen molar-refractivity contribution in [3.63, 3.8) is 0 Å². The maximum Gasteiger partial charge on any atom is 0.252 e. The monoisotopic (exact) mass is 650 g/mol. The van der Waals surface area contributed by atoms with Crippen molar-refractivity contribution >= 4 is 17.9 Å². The highest BCUT2D eigenvalue weighted by atomic mass is 16.5. The first-order valence-corrected chi connectivity index (χ1v) is 15.9. The molecule has 0 fully saturated rings. The van der Waals surface area contributed by atoms with Crippen molar-refractivity contribution in [2.24, 2.45) is 4.99 Å². The Morgan fingerprint density at radius 2 is 1.69 bits per heavy atom. The Bertz CT molecular complexity index is 1710. The molecular formula is C39H42N2O7. The van der Waals surface area contributed by atoms with E-state index >= 15 is 0 Å². The van der Waals surface area contributed by atoms with Crippen LogP contribution >= 0.6 is 0 Å². The van der Waals surface area contributed by atoms with Gasteiger partial charge in [-0.1, -0.05) is 60.7 Å². The predicted octanol–water partition coefficient (Wildman–Crippen LogP) is 6.19. The molecule has 0 saturated heterocycles. The van der Waals surface area contributed by atoms with Gasteiger partial charge in [-0.15, -0.1) is 0 Å². The lowest BCUT2D eigenvalue weighted by molar-refractivity contribution is -0.128. The molecule has 2 N–H and O–H groups in total. The van der Waals surface area contributed by atoms with Crippen LogP contribution in [0.4, 0.5) is 0 Å². The van der Waals surface area contributed by atoms with E-state index in [4.69, 9.17) is 33.8 Å². The minimum atomic E-state index is -1.33. The minimum absolute atomic E-state index is 0.0611. The summed E-state index contributed by atoms with van der Waals surface area (Å²) in [6.07, 6.45) is 4.61. The molecule has 9 nitrogen and oxygen atoms in total. The topological polar surface area (TPSA) is 108 Å². The summed E-state index contributed by atoms with van der Waals surface area (Å²) in [5.41, 5.74) is 2.15. The summed E-state index contributed by atoms with van der Waals surface area (Å²) >= 11 is 0. The van der Waals surface area contributed by atoms with Crippen molar-refractivity contribution in [2.75, 3.05) is 41.1 Å². The van der Waals surface area contributed by atoms with Gasteiger partial charge in [0.05, 0.1) is 27.9 Å². The highest BCUT2D eigenvalue weighted by molar-refractivity contribution is 6.01. The van der Waals surface area contributed by atoms with Crippen LogP contribution in [0.2, 0.25) is 0 Å². The summed E-state index contributed by atoms with van der Waals surface area (Å²) in [5.74, 6) is 2.69. The predicted molar refractivity (Wildman–Crippen MR) is 186 cm³/mol. The lowest BCUT2D eigenvalue weighted by Crippen LogP contribution is -2.48. The lowest BCUT2D eigenvalue weighted by atomic mass is 9.84. The molecule has 0 aliphatic carbocycles. The van der Waals surface area contributed by atoms with Gasteiger partial charge in [0.2, 0.25) is 5.90 Å². The molecule has 0 saturated carbocycles. The second kappa shape index (κ2) is 16.5. The first kappa shape index (κ1) is 34.1. The molecule has 0 radical (unpaired) electrons. The fraction of sp³-hybridized carbons (Fsp3) is 0.282. The number of ether oxygens (including phenoxy) is 5. The molecule has 2 atom stereocenters. The number of amides is 1. The molecule has 4 aromatic carbocycles. The van der Waals surface area contributed by atoms with Crippen LogP contribution in [-0.4, -0.2) is 63.5 Å². The van der Waals surface area contributed by atoms with Gasteiger partial charge in [0.15, 0.2) is 23.1 Å². The molecular weight excluding hydrogens is 608 g/mol. The fourth-order valence-electron chi connectivity index (χ4n) is 5.57. The smallest absolute Gasteiger partial charge is 0.252 e. The normalized spacial score (nSPS) is 17.0. The number of aliphatic imine (C=N–C) groups is 1. The van der Waals surface area contributed by atoms with Crippen molar-refractivity contribution < 1.29 is 33.6 Å². The van der Waals surface area contributed by atoms with Crippen molar-refractivity contribution in [3.05, 3.63) is 125 Å². The summed E-state index contributed by atoms with van der Waals surface area (Å²) in [7, 11) is 4.81.